The van der Waals surface area contributed by atoms with E-state index in [-0.39, 0.29) is 11.7 Å². The van der Waals surface area contributed by atoms with E-state index in [1.54, 1.807) is 31.4 Å². The number of nitro groups is 1. The number of aromatic amines is 1. The third-order valence-electron chi connectivity index (χ3n) is 3.80. The van der Waals surface area contributed by atoms with Crippen LogP contribution in [0.2, 0.25) is 0 Å². The summed E-state index contributed by atoms with van der Waals surface area (Å²) in [7, 11) is 3.08. The van der Waals surface area contributed by atoms with E-state index in [4.69, 9.17) is 0 Å². The second-order valence-corrected chi connectivity index (χ2v) is 5.15. The van der Waals surface area contributed by atoms with Crippen molar-refractivity contribution in [2.45, 2.75) is 0 Å². The fourth-order valence-electron chi connectivity index (χ4n) is 2.58. The molecule has 3 aromatic rings. The number of aromatic nitrogens is 3. The molecule has 116 valence electrons. The van der Waals surface area contributed by atoms with Crippen LogP contribution in [0.3, 0.4) is 0 Å². The lowest BCUT2D eigenvalue weighted by molar-refractivity contribution is -0.692. The van der Waals surface area contributed by atoms with E-state index >= 15 is 0 Å². The van der Waals surface area contributed by atoms with Crippen molar-refractivity contribution >= 4 is 16.7 Å². The van der Waals surface area contributed by atoms with Gasteiger partial charge in [-0.15, -0.1) is 9.13 Å². The number of H-pyrrole nitrogens is 1. The van der Waals surface area contributed by atoms with Gasteiger partial charge in [-0.05, 0) is 11.6 Å². The van der Waals surface area contributed by atoms with Crippen molar-refractivity contribution in [3.8, 4) is 17.1 Å². The Morgan fingerprint density at radius 2 is 2.09 bits per heavy atom. The van der Waals surface area contributed by atoms with Gasteiger partial charge in [-0.25, -0.2) is 9.78 Å². The highest BCUT2D eigenvalue weighted by molar-refractivity contribution is 5.89. The minimum atomic E-state index is -0.481. The van der Waals surface area contributed by atoms with Gasteiger partial charge in [0.25, 0.3) is 5.69 Å². The number of nitrogens with one attached hydrogen (secondary N) is 1. The summed E-state index contributed by atoms with van der Waals surface area (Å²) in [5.74, 6) is 0. The Balaban J connectivity index is 2.42. The molecule has 23 heavy (non-hydrogen) atoms. The molecule has 0 bridgehead atoms. The zero-order valence-corrected chi connectivity index (χ0v) is 12.5. The molecule has 3 rings (SSSR count). The Labute approximate surface area is 130 Å². The average Bonchev–Trinajstić information content (AvgIpc) is 2.57. The van der Waals surface area contributed by atoms with Crippen molar-refractivity contribution in [3.05, 3.63) is 57.0 Å². The summed E-state index contributed by atoms with van der Waals surface area (Å²) in [6, 6.07) is 7.57. The highest BCUT2D eigenvalue weighted by Gasteiger charge is 2.27. The normalized spacial score (nSPS) is 10.9. The smallest absolute Gasteiger partial charge is 0.434 e. The highest BCUT2D eigenvalue weighted by Crippen LogP contribution is 2.26. The molecule has 0 aliphatic carbocycles. The maximum absolute atomic E-state index is 12.6. The third-order valence-corrected chi connectivity index (χ3v) is 3.80. The highest BCUT2D eigenvalue weighted by atomic mass is 16.6. The molecule has 0 radical (unpaired) electrons. The molecule has 2 aromatic heterocycles. The van der Waals surface area contributed by atoms with Gasteiger partial charge in [-0.3, -0.25) is 10.1 Å². The standard InChI is InChI=1S/C15H12N4O4/c1-17-13-12(14(20)18(2)15(17)21)11(6-7-16-13)9-4-3-5-10(8-9)19(22)23/h3-8H,1-2H3/p+2. The van der Waals surface area contributed by atoms with Crippen molar-refractivity contribution < 1.29 is 19.6 Å². The van der Waals surface area contributed by atoms with Crippen LogP contribution in [-0.2, 0) is 14.1 Å². The first-order chi connectivity index (χ1) is 10.9. The van der Waals surface area contributed by atoms with Crippen LogP contribution in [0.25, 0.3) is 22.2 Å². The van der Waals surface area contributed by atoms with E-state index in [1.165, 1.54) is 23.7 Å². The fraction of sp³-hybridized carbons (Fsp3) is 0.133. The van der Waals surface area contributed by atoms with Crippen molar-refractivity contribution in [2.75, 3.05) is 0 Å². The Hall–Kier alpha value is -3.29. The van der Waals surface area contributed by atoms with Gasteiger partial charge in [0.2, 0.25) is 0 Å². The summed E-state index contributed by atoms with van der Waals surface area (Å²) in [6.45, 7) is 0. The Kier molecular flexibility index (Phi) is 3.29. The van der Waals surface area contributed by atoms with Gasteiger partial charge in [0.05, 0.1) is 4.92 Å². The predicted molar refractivity (Wildman–Crippen MR) is 80.7 cm³/mol. The van der Waals surface area contributed by atoms with Gasteiger partial charge in [0, 0.05) is 17.7 Å². The number of rotatable bonds is 2. The molecular weight excluding hydrogens is 300 g/mol. The lowest BCUT2D eigenvalue weighted by Crippen LogP contribution is -2.41. The van der Waals surface area contributed by atoms with Crippen LogP contribution in [0.15, 0.2) is 41.3 Å². The van der Waals surface area contributed by atoms with E-state index in [2.05, 4.69) is 4.98 Å². The minimum Gasteiger partial charge on any atom is -0.434 e. The average molecular weight is 314 g/mol. The molecule has 0 fully saturated rings. The number of hydrogen-bond donors (Lipinski definition) is 1. The Morgan fingerprint density at radius 1 is 1.35 bits per heavy atom. The second-order valence-electron chi connectivity index (χ2n) is 5.15. The number of non-ortho nitro benzene ring substituents is 1. The lowest BCUT2D eigenvalue weighted by Gasteiger charge is -2.04. The maximum atomic E-state index is 12.6. The van der Waals surface area contributed by atoms with E-state index in [9.17, 15) is 20.0 Å². The van der Waals surface area contributed by atoms with Crippen LogP contribution in [0.4, 0.5) is 5.69 Å². The van der Waals surface area contributed by atoms with Crippen LogP contribution in [0.5, 0.6) is 6.01 Å². The molecule has 0 aliphatic rings. The predicted octanol–water partition coefficient (Wildman–Crippen LogP) is 0.458. The van der Waals surface area contributed by atoms with Crippen LogP contribution in [0, 0.1) is 10.1 Å². The first-order valence-corrected chi connectivity index (χ1v) is 6.79. The molecule has 0 saturated carbocycles. The summed E-state index contributed by atoms with van der Waals surface area (Å²) >= 11 is 0. The molecule has 2 N–H and O–H groups in total. The molecule has 0 atom stereocenters. The zero-order valence-electron chi connectivity index (χ0n) is 12.5. The number of aryl methyl sites for hydroxylation is 1. The lowest BCUT2D eigenvalue weighted by atomic mass is 10.0. The summed E-state index contributed by atoms with van der Waals surface area (Å²) in [5, 5.41) is 21.3. The van der Waals surface area contributed by atoms with Crippen molar-refractivity contribution in [3.63, 3.8) is 0 Å². The second kappa shape index (κ2) is 5.16. The SMILES string of the molecule is Cn1c(O)[n+](C)c2[nH+]ccc(-c3cccc([N+](=O)[O-])c3)c2c1=O. The number of benzene rings is 1. The molecule has 8 heteroatoms. The number of nitro benzene ring substituents is 1. The summed E-state index contributed by atoms with van der Waals surface area (Å²) in [6.07, 6.45) is 1.62. The molecule has 1 aromatic carbocycles. The van der Waals surface area contributed by atoms with Gasteiger partial charge in [-0.2, -0.15) is 0 Å². The largest absolute Gasteiger partial charge is 0.519 e. The van der Waals surface area contributed by atoms with E-state index in [0.717, 1.165) is 4.57 Å². The molecule has 8 nitrogen and oxygen atoms in total. The quantitative estimate of drug-likeness (QED) is 0.421. The molecule has 0 spiro atoms. The van der Waals surface area contributed by atoms with Crippen molar-refractivity contribution in [1.29, 1.82) is 0 Å². The Morgan fingerprint density at radius 3 is 2.78 bits per heavy atom. The van der Waals surface area contributed by atoms with Crippen molar-refractivity contribution in [2.24, 2.45) is 14.1 Å². The van der Waals surface area contributed by atoms with Crippen molar-refractivity contribution in [1.82, 2.24) is 4.57 Å². The minimum absolute atomic E-state index is 0.0524. The summed E-state index contributed by atoms with van der Waals surface area (Å²) in [4.78, 5) is 26.0. The molecular formula is C15H14N4O4+2. The summed E-state index contributed by atoms with van der Waals surface area (Å²) in [5.41, 5.74) is 1.09. The molecule has 0 unspecified atom stereocenters. The maximum Gasteiger partial charge on any atom is 0.519 e. The molecule has 0 amide bonds. The zero-order chi connectivity index (χ0) is 16.7. The van der Waals surface area contributed by atoms with Gasteiger partial charge < -0.3 is 5.11 Å². The monoisotopic (exact) mass is 314 g/mol. The van der Waals surface area contributed by atoms with Crippen LogP contribution in [0.1, 0.15) is 0 Å². The number of nitrogens with zero attached hydrogens (tertiary/aromatic N) is 3. The van der Waals surface area contributed by atoms with Gasteiger partial charge >= 0.3 is 17.2 Å². The van der Waals surface area contributed by atoms with Gasteiger partial charge in [0.1, 0.15) is 20.3 Å². The van der Waals surface area contributed by atoms with E-state index in [1.807, 2.05) is 0 Å². The summed E-state index contributed by atoms with van der Waals surface area (Å²) < 4.78 is 2.56. The molecule has 0 aliphatic heterocycles. The number of pyridine rings is 1. The van der Waals surface area contributed by atoms with Crippen LogP contribution < -0.4 is 15.1 Å². The number of aromatic hydroxyl groups is 1. The third kappa shape index (κ3) is 2.20. The van der Waals surface area contributed by atoms with Gasteiger partial charge in [0.15, 0.2) is 5.39 Å². The van der Waals surface area contributed by atoms with Crippen LogP contribution >= 0.6 is 0 Å². The Bertz CT molecular complexity index is 1010. The first-order valence-electron chi connectivity index (χ1n) is 6.79. The number of fused-ring (bicyclic) bond motifs is 1. The number of hydrogen-bond acceptors (Lipinski definition) is 4. The molecule has 0 saturated heterocycles. The topological polar surface area (TPSA) is 103 Å². The van der Waals surface area contributed by atoms with Gasteiger partial charge in [-0.1, -0.05) is 12.1 Å². The molecule has 2 heterocycles. The fourth-order valence-corrected chi connectivity index (χ4v) is 2.58. The van der Waals surface area contributed by atoms with Crippen LogP contribution in [-0.4, -0.2) is 14.6 Å². The van der Waals surface area contributed by atoms with E-state index in [0.29, 0.717) is 22.2 Å². The first kappa shape index (κ1) is 14.6. The van der Waals surface area contributed by atoms with E-state index < -0.39 is 10.5 Å².